The Bertz CT molecular complexity index is 730. The lowest BCUT2D eigenvalue weighted by molar-refractivity contribution is -0.371. The number of fused-ring (bicyclic) bond motifs is 1. The number of cyclic esters (lactones) is 1. The summed E-state index contributed by atoms with van der Waals surface area (Å²) in [5, 5.41) is 3.16. The maximum Gasteiger partial charge on any atom is 0.346 e. The number of pyridine rings is 1. The molecule has 0 spiro atoms. The Balaban J connectivity index is 1.98. The van der Waals surface area contributed by atoms with Gasteiger partial charge < -0.3 is 14.2 Å². The second kappa shape index (κ2) is 5.55. The molecule has 3 rings (SSSR count). The molecular formula is C16H17N2O4+. The van der Waals surface area contributed by atoms with E-state index >= 15 is 0 Å². The summed E-state index contributed by atoms with van der Waals surface area (Å²) < 4.78 is 15.9. The standard InChI is InChI=1S/C16H16N2O4/c1-9-5-4-6-12(17-9)18-15-10-7-8-11(20-2)14(21-3)13(10)16(19)22-15/h4-8,15H,1-3H3,(H,17,18)/p+1/t15-/m0/s1. The van der Waals surface area contributed by atoms with Gasteiger partial charge >= 0.3 is 5.97 Å². The molecule has 2 aromatic rings. The molecule has 1 atom stereocenters. The van der Waals surface area contributed by atoms with Crippen LogP contribution in [0.5, 0.6) is 11.5 Å². The zero-order valence-corrected chi connectivity index (χ0v) is 12.6. The smallest absolute Gasteiger partial charge is 0.346 e. The first-order chi connectivity index (χ1) is 10.6. The van der Waals surface area contributed by atoms with E-state index in [1.807, 2.05) is 25.1 Å². The molecule has 0 unspecified atom stereocenters. The average molecular weight is 301 g/mol. The van der Waals surface area contributed by atoms with Gasteiger partial charge in [-0.25, -0.2) is 15.1 Å². The van der Waals surface area contributed by atoms with Crippen LogP contribution >= 0.6 is 0 Å². The first kappa shape index (κ1) is 14.2. The van der Waals surface area contributed by atoms with Crippen LogP contribution in [0.1, 0.15) is 27.8 Å². The number of esters is 1. The molecule has 0 fully saturated rings. The van der Waals surface area contributed by atoms with Gasteiger partial charge in [0.05, 0.1) is 25.5 Å². The molecular weight excluding hydrogens is 284 g/mol. The topological polar surface area (TPSA) is 70.9 Å². The van der Waals surface area contributed by atoms with Gasteiger partial charge in [-0.3, -0.25) is 0 Å². The van der Waals surface area contributed by atoms with Gasteiger partial charge in [0.15, 0.2) is 11.5 Å². The molecule has 2 heterocycles. The summed E-state index contributed by atoms with van der Waals surface area (Å²) >= 11 is 0. The van der Waals surface area contributed by atoms with Gasteiger partial charge in [-0.15, -0.1) is 0 Å². The van der Waals surface area contributed by atoms with Crippen molar-refractivity contribution in [2.45, 2.75) is 13.2 Å². The number of benzene rings is 1. The van der Waals surface area contributed by atoms with Crippen LogP contribution in [0.25, 0.3) is 0 Å². The third-order valence-electron chi connectivity index (χ3n) is 3.52. The van der Waals surface area contributed by atoms with E-state index in [1.165, 1.54) is 14.2 Å². The fraction of sp³-hybridized carbons (Fsp3) is 0.250. The van der Waals surface area contributed by atoms with E-state index in [9.17, 15) is 4.79 Å². The van der Waals surface area contributed by atoms with E-state index in [2.05, 4.69) is 10.3 Å². The minimum atomic E-state index is -0.569. The molecule has 0 saturated heterocycles. The third kappa shape index (κ3) is 2.32. The monoisotopic (exact) mass is 301 g/mol. The van der Waals surface area contributed by atoms with Crippen LogP contribution in [0.15, 0.2) is 30.3 Å². The van der Waals surface area contributed by atoms with E-state index < -0.39 is 12.2 Å². The number of aromatic nitrogens is 1. The number of methoxy groups -OCH3 is 2. The first-order valence-electron chi connectivity index (χ1n) is 6.85. The summed E-state index contributed by atoms with van der Waals surface area (Å²) in [6, 6.07) is 9.30. The predicted molar refractivity (Wildman–Crippen MR) is 79.1 cm³/mol. The highest BCUT2D eigenvalue weighted by Gasteiger charge is 2.38. The molecule has 0 amide bonds. The molecule has 2 N–H and O–H groups in total. The number of aromatic amines is 1. The molecule has 1 aliphatic heterocycles. The summed E-state index contributed by atoms with van der Waals surface area (Å²) in [5.74, 6) is 1.22. The number of anilines is 1. The Kier molecular flexibility index (Phi) is 3.58. The van der Waals surface area contributed by atoms with Crippen LogP contribution < -0.4 is 19.8 Å². The highest BCUT2D eigenvalue weighted by molar-refractivity contribution is 5.98. The number of hydrogen-bond acceptors (Lipinski definition) is 5. The number of carbonyl (C=O) groups is 1. The fourth-order valence-electron chi connectivity index (χ4n) is 2.52. The number of aryl methyl sites for hydroxylation is 1. The lowest BCUT2D eigenvalue weighted by Gasteiger charge is -2.10. The number of nitrogens with one attached hydrogen (secondary N) is 2. The Morgan fingerprint density at radius 1 is 1.18 bits per heavy atom. The second-order valence-corrected chi connectivity index (χ2v) is 4.94. The van der Waals surface area contributed by atoms with Crippen LogP contribution in [0.2, 0.25) is 0 Å². The second-order valence-electron chi connectivity index (χ2n) is 4.94. The molecule has 6 nitrogen and oxygen atoms in total. The van der Waals surface area contributed by atoms with Gasteiger partial charge in [0.1, 0.15) is 5.56 Å². The van der Waals surface area contributed by atoms with Crippen LogP contribution in [0.4, 0.5) is 5.82 Å². The first-order valence-corrected chi connectivity index (χ1v) is 6.85. The summed E-state index contributed by atoms with van der Waals surface area (Å²) in [7, 11) is 3.03. The SMILES string of the molecule is COc1ccc2c(c1OC)C(=O)O[C@@H]2Nc1cccc(C)[nH+]1. The van der Waals surface area contributed by atoms with Crippen molar-refractivity contribution < 1.29 is 24.0 Å². The predicted octanol–water partition coefficient (Wildman–Crippen LogP) is 2.11. The molecule has 6 heteroatoms. The fourth-order valence-corrected chi connectivity index (χ4v) is 2.52. The molecule has 0 radical (unpaired) electrons. The van der Waals surface area contributed by atoms with Gasteiger partial charge in [0, 0.05) is 6.07 Å². The van der Waals surface area contributed by atoms with Gasteiger partial charge in [-0.2, -0.15) is 0 Å². The molecule has 22 heavy (non-hydrogen) atoms. The zero-order chi connectivity index (χ0) is 15.7. The average Bonchev–Trinajstić information content (AvgIpc) is 2.82. The highest BCUT2D eigenvalue weighted by Crippen LogP contribution is 2.41. The maximum absolute atomic E-state index is 12.2. The van der Waals surface area contributed by atoms with Crippen molar-refractivity contribution in [3.8, 4) is 11.5 Å². The zero-order valence-electron chi connectivity index (χ0n) is 12.6. The molecule has 0 aliphatic carbocycles. The van der Waals surface area contributed by atoms with Crippen molar-refractivity contribution >= 4 is 11.8 Å². The van der Waals surface area contributed by atoms with Crippen LogP contribution in [0, 0.1) is 6.92 Å². The van der Waals surface area contributed by atoms with E-state index in [4.69, 9.17) is 14.2 Å². The molecule has 0 bridgehead atoms. The van der Waals surface area contributed by atoms with Crippen molar-refractivity contribution in [1.82, 2.24) is 0 Å². The van der Waals surface area contributed by atoms with Crippen molar-refractivity contribution in [2.75, 3.05) is 19.5 Å². The minimum absolute atomic E-state index is 0.391. The Morgan fingerprint density at radius 3 is 2.68 bits per heavy atom. The van der Waals surface area contributed by atoms with E-state index in [1.54, 1.807) is 12.1 Å². The van der Waals surface area contributed by atoms with Gasteiger partial charge in [-0.1, -0.05) is 6.07 Å². The number of carbonyl (C=O) groups excluding carboxylic acids is 1. The Morgan fingerprint density at radius 2 is 2.00 bits per heavy atom. The molecule has 114 valence electrons. The summed E-state index contributed by atoms with van der Waals surface area (Å²) in [6.07, 6.45) is -0.569. The summed E-state index contributed by atoms with van der Waals surface area (Å²) in [4.78, 5) is 15.3. The van der Waals surface area contributed by atoms with Crippen LogP contribution in [0.3, 0.4) is 0 Å². The highest BCUT2D eigenvalue weighted by atomic mass is 16.6. The number of rotatable bonds is 4. The number of hydrogen-bond donors (Lipinski definition) is 1. The molecule has 0 saturated carbocycles. The van der Waals surface area contributed by atoms with Crippen molar-refractivity contribution in [2.24, 2.45) is 0 Å². The normalized spacial score (nSPS) is 16.0. The van der Waals surface area contributed by atoms with Crippen molar-refractivity contribution in [1.29, 1.82) is 0 Å². The Labute approximate surface area is 128 Å². The van der Waals surface area contributed by atoms with E-state index in [-0.39, 0.29) is 0 Å². The van der Waals surface area contributed by atoms with Gasteiger partial charge in [-0.05, 0) is 25.1 Å². The summed E-state index contributed by atoms with van der Waals surface area (Å²) in [6.45, 7) is 1.95. The van der Waals surface area contributed by atoms with E-state index in [0.29, 0.717) is 17.1 Å². The Hall–Kier alpha value is -2.76. The molecule has 1 aromatic heterocycles. The van der Waals surface area contributed by atoms with Gasteiger partial charge in [0.2, 0.25) is 0 Å². The van der Waals surface area contributed by atoms with Crippen molar-refractivity contribution in [3.05, 3.63) is 47.2 Å². The van der Waals surface area contributed by atoms with Gasteiger partial charge in [0.25, 0.3) is 12.0 Å². The minimum Gasteiger partial charge on any atom is -0.493 e. The summed E-state index contributed by atoms with van der Waals surface area (Å²) in [5.41, 5.74) is 2.12. The van der Waals surface area contributed by atoms with Crippen molar-refractivity contribution in [3.63, 3.8) is 0 Å². The van der Waals surface area contributed by atoms with Crippen LogP contribution in [-0.2, 0) is 4.74 Å². The maximum atomic E-state index is 12.2. The largest absolute Gasteiger partial charge is 0.493 e. The van der Waals surface area contributed by atoms with Crippen LogP contribution in [-0.4, -0.2) is 20.2 Å². The number of H-pyrrole nitrogens is 1. The van der Waals surface area contributed by atoms with E-state index in [0.717, 1.165) is 17.1 Å². The molecule has 1 aromatic carbocycles. The molecule has 1 aliphatic rings. The lowest BCUT2D eigenvalue weighted by Crippen LogP contribution is -2.19. The third-order valence-corrected chi connectivity index (χ3v) is 3.52. The number of ether oxygens (including phenoxy) is 3. The lowest BCUT2D eigenvalue weighted by atomic mass is 10.1. The quantitative estimate of drug-likeness (QED) is 0.876.